The van der Waals surface area contributed by atoms with Crippen LogP contribution in [0.3, 0.4) is 0 Å². The SMILES string of the molecule is CCc1nc(-c2ccc(CNC(=O)/C=C/c3ccc(C)cc3)c(F)c2)no1. The number of carbonyl (C=O) groups is 1. The van der Waals surface area contributed by atoms with E-state index in [1.54, 1.807) is 18.2 Å². The van der Waals surface area contributed by atoms with E-state index >= 15 is 0 Å². The van der Waals surface area contributed by atoms with Crippen molar-refractivity contribution < 1.29 is 13.7 Å². The molecule has 0 spiro atoms. The van der Waals surface area contributed by atoms with Gasteiger partial charge in [-0.2, -0.15) is 4.98 Å². The molecule has 0 saturated carbocycles. The number of amides is 1. The lowest BCUT2D eigenvalue weighted by atomic mass is 10.1. The standard InChI is InChI=1S/C21H20FN3O2/c1-3-20-24-21(25-27-20)16-9-10-17(18(22)12-16)13-23-19(26)11-8-15-6-4-14(2)5-7-15/h4-12H,3,13H2,1-2H3,(H,23,26)/b11-8+. The summed E-state index contributed by atoms with van der Waals surface area (Å²) in [7, 11) is 0. The van der Waals surface area contributed by atoms with Crippen LogP contribution >= 0.6 is 0 Å². The Hall–Kier alpha value is -3.28. The van der Waals surface area contributed by atoms with Gasteiger partial charge in [0, 0.05) is 30.2 Å². The normalized spacial score (nSPS) is 11.1. The van der Waals surface area contributed by atoms with Crippen LogP contribution < -0.4 is 5.32 Å². The molecule has 0 bridgehead atoms. The lowest BCUT2D eigenvalue weighted by Gasteiger charge is -2.05. The Morgan fingerprint density at radius 3 is 2.67 bits per heavy atom. The van der Waals surface area contributed by atoms with Gasteiger partial charge in [0.2, 0.25) is 17.6 Å². The minimum atomic E-state index is -0.432. The molecular weight excluding hydrogens is 345 g/mol. The molecular formula is C21H20FN3O2. The molecule has 0 radical (unpaired) electrons. The summed E-state index contributed by atoms with van der Waals surface area (Å²) >= 11 is 0. The first-order chi connectivity index (χ1) is 13.0. The van der Waals surface area contributed by atoms with Crippen molar-refractivity contribution in [1.29, 1.82) is 0 Å². The number of halogens is 1. The number of nitrogens with one attached hydrogen (secondary N) is 1. The summed E-state index contributed by atoms with van der Waals surface area (Å²) in [5.41, 5.74) is 3.00. The van der Waals surface area contributed by atoms with E-state index in [0.29, 0.717) is 29.3 Å². The summed E-state index contributed by atoms with van der Waals surface area (Å²) in [6.07, 6.45) is 3.77. The Morgan fingerprint density at radius 2 is 2.00 bits per heavy atom. The molecule has 27 heavy (non-hydrogen) atoms. The van der Waals surface area contributed by atoms with Crippen LogP contribution in [0.4, 0.5) is 4.39 Å². The Labute approximate surface area is 156 Å². The van der Waals surface area contributed by atoms with E-state index in [2.05, 4.69) is 15.5 Å². The third-order valence-corrected chi connectivity index (χ3v) is 4.04. The highest BCUT2D eigenvalue weighted by molar-refractivity contribution is 5.91. The minimum absolute atomic E-state index is 0.0929. The highest BCUT2D eigenvalue weighted by atomic mass is 19.1. The van der Waals surface area contributed by atoms with Gasteiger partial charge in [0.05, 0.1) is 0 Å². The van der Waals surface area contributed by atoms with Crippen LogP contribution in [0.1, 0.15) is 29.5 Å². The van der Waals surface area contributed by atoms with Crippen molar-refractivity contribution in [3.8, 4) is 11.4 Å². The smallest absolute Gasteiger partial charge is 0.244 e. The van der Waals surface area contributed by atoms with Crippen LogP contribution in [-0.2, 0) is 17.8 Å². The quantitative estimate of drug-likeness (QED) is 0.669. The van der Waals surface area contributed by atoms with E-state index in [4.69, 9.17) is 4.52 Å². The van der Waals surface area contributed by atoms with Crippen molar-refractivity contribution in [2.24, 2.45) is 0 Å². The number of nitrogens with zero attached hydrogens (tertiary/aromatic N) is 2. The van der Waals surface area contributed by atoms with Gasteiger partial charge in [-0.25, -0.2) is 4.39 Å². The summed E-state index contributed by atoms with van der Waals surface area (Å²) in [6.45, 7) is 3.99. The largest absolute Gasteiger partial charge is 0.348 e. The Kier molecular flexibility index (Phi) is 5.76. The molecule has 0 aliphatic rings. The van der Waals surface area contributed by atoms with Crippen LogP contribution in [0.15, 0.2) is 53.1 Å². The molecule has 1 N–H and O–H groups in total. The van der Waals surface area contributed by atoms with Crippen molar-refractivity contribution >= 4 is 12.0 Å². The monoisotopic (exact) mass is 365 g/mol. The number of hydrogen-bond donors (Lipinski definition) is 1. The first-order valence-electron chi connectivity index (χ1n) is 8.69. The average Bonchev–Trinajstić information content (AvgIpc) is 3.16. The van der Waals surface area contributed by atoms with Gasteiger partial charge in [-0.1, -0.05) is 54.0 Å². The molecule has 3 aromatic rings. The van der Waals surface area contributed by atoms with Gasteiger partial charge in [-0.15, -0.1) is 0 Å². The number of rotatable bonds is 6. The number of aromatic nitrogens is 2. The summed E-state index contributed by atoms with van der Waals surface area (Å²) < 4.78 is 19.3. The third kappa shape index (κ3) is 4.88. The highest BCUT2D eigenvalue weighted by Crippen LogP contribution is 2.19. The molecule has 0 unspecified atom stereocenters. The number of carbonyl (C=O) groups excluding carboxylic acids is 1. The second-order valence-electron chi connectivity index (χ2n) is 6.13. The van der Waals surface area contributed by atoms with E-state index < -0.39 is 5.82 Å². The van der Waals surface area contributed by atoms with Crippen molar-refractivity contribution in [1.82, 2.24) is 15.5 Å². The van der Waals surface area contributed by atoms with Gasteiger partial charge < -0.3 is 9.84 Å². The van der Waals surface area contributed by atoms with Crippen molar-refractivity contribution in [2.45, 2.75) is 26.8 Å². The molecule has 138 valence electrons. The fourth-order valence-corrected chi connectivity index (χ4v) is 2.44. The molecule has 0 fully saturated rings. The van der Waals surface area contributed by atoms with Crippen LogP contribution in [-0.4, -0.2) is 16.0 Å². The summed E-state index contributed by atoms with van der Waals surface area (Å²) in [4.78, 5) is 16.1. The summed E-state index contributed by atoms with van der Waals surface area (Å²) in [6, 6.07) is 12.5. The van der Waals surface area contributed by atoms with Gasteiger partial charge in [-0.05, 0) is 24.6 Å². The molecule has 1 aromatic heterocycles. The summed E-state index contributed by atoms with van der Waals surface area (Å²) in [5, 5.41) is 6.51. The summed E-state index contributed by atoms with van der Waals surface area (Å²) in [5.74, 6) is 0.132. The number of aryl methyl sites for hydroxylation is 2. The van der Waals surface area contributed by atoms with Crippen LogP contribution in [0.2, 0.25) is 0 Å². The van der Waals surface area contributed by atoms with E-state index in [1.807, 2.05) is 38.1 Å². The molecule has 0 aliphatic carbocycles. The fourth-order valence-electron chi connectivity index (χ4n) is 2.44. The molecule has 5 nitrogen and oxygen atoms in total. The fraction of sp³-hybridized carbons (Fsp3) is 0.190. The topological polar surface area (TPSA) is 68.0 Å². The number of hydrogen-bond acceptors (Lipinski definition) is 4. The van der Waals surface area contributed by atoms with E-state index in [-0.39, 0.29) is 12.5 Å². The van der Waals surface area contributed by atoms with E-state index in [1.165, 1.54) is 12.1 Å². The zero-order valence-corrected chi connectivity index (χ0v) is 15.2. The van der Waals surface area contributed by atoms with Crippen molar-refractivity contribution in [3.05, 3.63) is 76.9 Å². The predicted octanol–water partition coefficient (Wildman–Crippen LogP) is 4.08. The van der Waals surface area contributed by atoms with Crippen LogP contribution in [0.5, 0.6) is 0 Å². The number of benzene rings is 2. The Bertz CT molecular complexity index is 962. The van der Waals surface area contributed by atoms with E-state index in [9.17, 15) is 9.18 Å². The maximum Gasteiger partial charge on any atom is 0.244 e. The third-order valence-electron chi connectivity index (χ3n) is 4.04. The van der Waals surface area contributed by atoms with Gasteiger partial charge in [0.25, 0.3) is 0 Å². The van der Waals surface area contributed by atoms with Gasteiger partial charge in [0.15, 0.2) is 0 Å². The second kappa shape index (κ2) is 8.40. The maximum absolute atomic E-state index is 14.3. The zero-order chi connectivity index (χ0) is 19.2. The maximum atomic E-state index is 14.3. The molecule has 6 heteroatoms. The van der Waals surface area contributed by atoms with Crippen LogP contribution in [0.25, 0.3) is 17.5 Å². The Balaban J connectivity index is 1.60. The first-order valence-corrected chi connectivity index (χ1v) is 8.69. The molecule has 3 rings (SSSR count). The first kappa shape index (κ1) is 18.5. The minimum Gasteiger partial charge on any atom is -0.348 e. The molecule has 2 aromatic carbocycles. The molecule has 0 aliphatic heterocycles. The molecule has 1 heterocycles. The van der Waals surface area contributed by atoms with E-state index in [0.717, 1.165) is 11.1 Å². The van der Waals surface area contributed by atoms with Gasteiger partial charge in [0.1, 0.15) is 5.82 Å². The van der Waals surface area contributed by atoms with Gasteiger partial charge in [-0.3, -0.25) is 4.79 Å². The van der Waals surface area contributed by atoms with Crippen molar-refractivity contribution in [3.63, 3.8) is 0 Å². The van der Waals surface area contributed by atoms with Crippen LogP contribution in [0, 0.1) is 12.7 Å². The second-order valence-corrected chi connectivity index (χ2v) is 6.13. The highest BCUT2D eigenvalue weighted by Gasteiger charge is 2.11. The Morgan fingerprint density at radius 1 is 1.22 bits per heavy atom. The lowest BCUT2D eigenvalue weighted by molar-refractivity contribution is -0.116. The average molecular weight is 365 g/mol. The zero-order valence-electron chi connectivity index (χ0n) is 15.2. The molecule has 1 amide bonds. The lowest BCUT2D eigenvalue weighted by Crippen LogP contribution is -2.20. The van der Waals surface area contributed by atoms with Crippen molar-refractivity contribution in [2.75, 3.05) is 0 Å². The molecule has 0 saturated heterocycles. The predicted molar refractivity (Wildman–Crippen MR) is 101 cm³/mol. The van der Waals surface area contributed by atoms with Gasteiger partial charge >= 0.3 is 0 Å². The molecule has 0 atom stereocenters.